The molecule has 9 nitrogen and oxygen atoms in total. The molecule has 0 N–H and O–H groups in total. The summed E-state index contributed by atoms with van der Waals surface area (Å²) in [7, 11) is 1.47. The fraction of sp³-hybridized carbons (Fsp3) is 0.304. The van der Waals surface area contributed by atoms with Gasteiger partial charge in [0, 0.05) is 6.54 Å². The van der Waals surface area contributed by atoms with E-state index in [1.54, 1.807) is 18.2 Å². The van der Waals surface area contributed by atoms with Crippen molar-refractivity contribution in [1.29, 1.82) is 0 Å². The highest BCUT2D eigenvalue weighted by atomic mass is 32.1. The van der Waals surface area contributed by atoms with E-state index < -0.39 is 12.6 Å². The molecule has 10 heteroatoms. The number of benzene rings is 1. The SMILES string of the molecule is C=CCOc1ccc(C(=O)OCC(=O)N(CCC)Cc2nnc(-c3cccs3)o2)cc1OC. The van der Waals surface area contributed by atoms with Crippen LogP contribution in [0, 0.1) is 0 Å². The number of esters is 1. The summed E-state index contributed by atoms with van der Waals surface area (Å²) in [6.07, 6.45) is 2.32. The third-order valence-electron chi connectivity index (χ3n) is 4.45. The van der Waals surface area contributed by atoms with Gasteiger partial charge in [-0.25, -0.2) is 4.79 Å². The van der Waals surface area contributed by atoms with E-state index in [9.17, 15) is 9.59 Å². The van der Waals surface area contributed by atoms with Crippen molar-refractivity contribution >= 4 is 23.2 Å². The number of hydrogen-bond acceptors (Lipinski definition) is 9. The third kappa shape index (κ3) is 6.42. The lowest BCUT2D eigenvalue weighted by atomic mass is 10.2. The van der Waals surface area contributed by atoms with Gasteiger partial charge in [0.15, 0.2) is 18.1 Å². The van der Waals surface area contributed by atoms with E-state index in [-0.39, 0.29) is 18.0 Å². The van der Waals surface area contributed by atoms with Crippen LogP contribution in [0.15, 0.2) is 52.8 Å². The van der Waals surface area contributed by atoms with E-state index in [4.69, 9.17) is 18.6 Å². The van der Waals surface area contributed by atoms with Gasteiger partial charge < -0.3 is 23.5 Å². The van der Waals surface area contributed by atoms with Crippen molar-refractivity contribution in [2.45, 2.75) is 19.9 Å². The number of ether oxygens (including phenoxy) is 3. The Morgan fingerprint density at radius 1 is 1.24 bits per heavy atom. The standard InChI is InChI=1S/C23H25N3O6S/c1-4-10-26(14-20-24-25-22(32-20)19-7-6-12-33-19)21(27)15-31-23(28)16-8-9-17(30-11-5-2)18(13-16)29-3/h5-9,12-13H,2,4,10-11,14-15H2,1,3H3. The van der Waals surface area contributed by atoms with Gasteiger partial charge >= 0.3 is 5.97 Å². The van der Waals surface area contributed by atoms with Crippen LogP contribution >= 0.6 is 11.3 Å². The molecule has 174 valence electrons. The number of methoxy groups -OCH3 is 1. The number of carbonyl (C=O) groups is 2. The summed E-state index contributed by atoms with van der Waals surface area (Å²) in [5.41, 5.74) is 0.241. The second-order valence-corrected chi connectivity index (χ2v) is 7.78. The average molecular weight is 472 g/mol. The molecule has 1 aromatic carbocycles. The van der Waals surface area contributed by atoms with Gasteiger partial charge in [-0.1, -0.05) is 25.6 Å². The lowest BCUT2D eigenvalue weighted by molar-refractivity contribution is -0.135. The predicted molar refractivity (Wildman–Crippen MR) is 122 cm³/mol. The van der Waals surface area contributed by atoms with Gasteiger partial charge in [-0.05, 0) is 36.1 Å². The molecule has 0 radical (unpaired) electrons. The lowest BCUT2D eigenvalue weighted by Gasteiger charge is -2.20. The Kier molecular flexibility index (Phi) is 8.59. The highest BCUT2D eigenvalue weighted by molar-refractivity contribution is 7.13. The van der Waals surface area contributed by atoms with Crippen molar-refractivity contribution in [2.75, 3.05) is 26.9 Å². The van der Waals surface area contributed by atoms with Crippen LogP contribution in [-0.2, 0) is 16.1 Å². The summed E-state index contributed by atoms with van der Waals surface area (Å²) < 4.78 is 21.6. The maximum Gasteiger partial charge on any atom is 0.338 e. The van der Waals surface area contributed by atoms with E-state index in [1.807, 2.05) is 24.4 Å². The van der Waals surface area contributed by atoms with Crippen molar-refractivity contribution in [3.8, 4) is 22.3 Å². The molecule has 3 aromatic rings. The number of amides is 1. The van der Waals surface area contributed by atoms with Crippen LogP contribution in [0.3, 0.4) is 0 Å². The van der Waals surface area contributed by atoms with Crippen LogP contribution in [0.2, 0.25) is 0 Å². The monoisotopic (exact) mass is 471 g/mol. The number of nitrogens with zero attached hydrogens (tertiary/aromatic N) is 3. The molecule has 0 aliphatic heterocycles. The summed E-state index contributed by atoms with van der Waals surface area (Å²) in [6, 6.07) is 8.42. The normalized spacial score (nSPS) is 10.5. The topological polar surface area (TPSA) is 104 Å². The number of aromatic nitrogens is 2. The number of carbonyl (C=O) groups excluding carboxylic acids is 2. The van der Waals surface area contributed by atoms with Gasteiger partial charge in [-0.15, -0.1) is 21.5 Å². The van der Waals surface area contributed by atoms with Crippen LogP contribution in [0.5, 0.6) is 11.5 Å². The molecule has 3 rings (SSSR count). The molecule has 0 spiro atoms. The first kappa shape index (κ1) is 24.0. The molecule has 2 heterocycles. The molecule has 1 amide bonds. The predicted octanol–water partition coefficient (Wildman–Crippen LogP) is 3.97. The van der Waals surface area contributed by atoms with Crippen LogP contribution < -0.4 is 9.47 Å². The van der Waals surface area contributed by atoms with E-state index >= 15 is 0 Å². The first-order valence-electron chi connectivity index (χ1n) is 10.3. The van der Waals surface area contributed by atoms with Gasteiger partial charge in [0.1, 0.15) is 6.61 Å². The highest BCUT2D eigenvalue weighted by Crippen LogP contribution is 2.28. The zero-order chi connectivity index (χ0) is 23.6. The third-order valence-corrected chi connectivity index (χ3v) is 5.31. The van der Waals surface area contributed by atoms with Crippen molar-refractivity contribution in [2.24, 2.45) is 0 Å². The fourth-order valence-electron chi connectivity index (χ4n) is 2.91. The highest BCUT2D eigenvalue weighted by Gasteiger charge is 2.20. The Morgan fingerprint density at radius 3 is 2.79 bits per heavy atom. The summed E-state index contributed by atoms with van der Waals surface area (Å²) in [5, 5.41) is 9.97. The summed E-state index contributed by atoms with van der Waals surface area (Å²) >= 11 is 1.49. The second kappa shape index (κ2) is 11.8. The molecule has 0 fully saturated rings. The summed E-state index contributed by atoms with van der Waals surface area (Å²) in [6.45, 7) is 6.01. The molecule has 0 aliphatic rings. The van der Waals surface area contributed by atoms with E-state index in [1.165, 1.54) is 29.4 Å². The van der Waals surface area contributed by atoms with E-state index in [0.29, 0.717) is 36.4 Å². The molecule has 0 unspecified atom stereocenters. The maximum atomic E-state index is 12.7. The van der Waals surface area contributed by atoms with E-state index in [2.05, 4.69) is 16.8 Å². The minimum absolute atomic E-state index is 0.131. The zero-order valence-electron chi connectivity index (χ0n) is 18.5. The smallest absolute Gasteiger partial charge is 0.338 e. The Hall–Kier alpha value is -3.66. The molecule has 2 aromatic heterocycles. The average Bonchev–Trinajstić information content (AvgIpc) is 3.52. The van der Waals surface area contributed by atoms with Crippen LogP contribution in [0.1, 0.15) is 29.6 Å². The van der Waals surface area contributed by atoms with E-state index in [0.717, 1.165) is 11.3 Å². The quantitative estimate of drug-likeness (QED) is 0.289. The zero-order valence-corrected chi connectivity index (χ0v) is 19.3. The van der Waals surface area contributed by atoms with Gasteiger partial charge in [0.05, 0.1) is 24.1 Å². The Bertz CT molecular complexity index is 1080. The first-order chi connectivity index (χ1) is 16.0. The van der Waals surface area contributed by atoms with Gasteiger partial charge in [0.25, 0.3) is 11.8 Å². The molecule has 0 aliphatic carbocycles. The maximum absolute atomic E-state index is 12.7. The Morgan fingerprint density at radius 2 is 2.09 bits per heavy atom. The minimum atomic E-state index is -0.647. The van der Waals surface area contributed by atoms with Crippen LogP contribution in [-0.4, -0.2) is 53.8 Å². The van der Waals surface area contributed by atoms with Crippen molar-refractivity contribution in [3.05, 3.63) is 59.8 Å². The van der Waals surface area contributed by atoms with Crippen molar-refractivity contribution in [3.63, 3.8) is 0 Å². The van der Waals surface area contributed by atoms with Gasteiger partial charge in [-0.3, -0.25) is 4.79 Å². The summed E-state index contributed by atoms with van der Waals surface area (Å²) in [4.78, 5) is 27.6. The lowest BCUT2D eigenvalue weighted by Crippen LogP contribution is -2.35. The molecular weight excluding hydrogens is 446 g/mol. The Balaban J connectivity index is 1.60. The number of rotatable bonds is 12. The molecule has 33 heavy (non-hydrogen) atoms. The second-order valence-electron chi connectivity index (χ2n) is 6.83. The largest absolute Gasteiger partial charge is 0.493 e. The van der Waals surface area contributed by atoms with Gasteiger partial charge in [0.2, 0.25) is 5.89 Å². The molecular formula is C23H25N3O6S. The summed E-state index contributed by atoms with van der Waals surface area (Å²) in [5.74, 6) is 0.560. The number of thiophene rings is 1. The van der Waals surface area contributed by atoms with Crippen LogP contribution in [0.4, 0.5) is 0 Å². The first-order valence-corrected chi connectivity index (χ1v) is 11.2. The molecule has 0 saturated carbocycles. The Labute approximate surface area is 195 Å². The number of hydrogen-bond donors (Lipinski definition) is 0. The van der Waals surface area contributed by atoms with Crippen LogP contribution in [0.25, 0.3) is 10.8 Å². The minimum Gasteiger partial charge on any atom is -0.493 e. The molecule has 0 bridgehead atoms. The fourth-order valence-corrected chi connectivity index (χ4v) is 3.55. The molecule has 0 atom stereocenters. The van der Waals surface area contributed by atoms with Gasteiger partial charge in [-0.2, -0.15) is 0 Å². The van der Waals surface area contributed by atoms with Crippen molar-refractivity contribution < 1.29 is 28.2 Å². The van der Waals surface area contributed by atoms with Crippen molar-refractivity contribution in [1.82, 2.24) is 15.1 Å². The molecule has 0 saturated heterocycles.